The average Bonchev–Trinajstić information content (AvgIpc) is 2.66. The van der Waals surface area contributed by atoms with Crippen molar-refractivity contribution < 1.29 is 31.4 Å². The van der Waals surface area contributed by atoms with Crippen LogP contribution in [0.25, 0.3) is 0 Å². The second kappa shape index (κ2) is 12.9. The highest BCUT2D eigenvalue weighted by atomic mass is 28.4. The molecule has 0 fully saturated rings. The molecule has 0 unspecified atom stereocenters. The lowest BCUT2D eigenvalue weighted by molar-refractivity contribution is -0.130. The van der Waals surface area contributed by atoms with Crippen molar-refractivity contribution in [3.05, 3.63) is 0 Å². The first-order chi connectivity index (χ1) is 11.9. The van der Waals surface area contributed by atoms with Crippen molar-refractivity contribution in [2.24, 2.45) is 0 Å². The van der Waals surface area contributed by atoms with Crippen LogP contribution in [0.2, 0.25) is 12.1 Å². The van der Waals surface area contributed by atoms with Crippen molar-refractivity contribution >= 4 is 23.5 Å². The Morgan fingerprint density at radius 2 is 1.12 bits per heavy atom. The molecule has 0 atom stereocenters. The first kappa shape index (κ1) is 24.7. The molecule has 0 aromatic rings. The van der Waals surface area contributed by atoms with E-state index in [2.05, 4.69) is 0 Å². The summed E-state index contributed by atoms with van der Waals surface area (Å²) in [6.07, 6.45) is 2.89. The molecule has 0 bridgehead atoms. The first-order valence-corrected chi connectivity index (χ1v) is 12.3. The highest BCUT2D eigenvalue weighted by Crippen LogP contribution is 2.18. The fraction of sp³-hybridized carbons (Fsp3) is 0.933. The minimum atomic E-state index is -2.59. The molecular weight excluding hydrogens is 362 g/mol. The van der Waals surface area contributed by atoms with Gasteiger partial charge in [-0.25, -0.2) is 0 Å². The van der Waals surface area contributed by atoms with Crippen molar-refractivity contribution in [3.63, 3.8) is 0 Å². The number of hydrogen-bond donors (Lipinski definition) is 0. The Kier molecular flexibility index (Phi) is 12.8. The molecule has 0 saturated heterocycles. The van der Waals surface area contributed by atoms with Gasteiger partial charge in [-0.1, -0.05) is 0 Å². The van der Waals surface area contributed by atoms with Crippen LogP contribution in [0.15, 0.2) is 0 Å². The Bertz CT molecular complexity index is 349. The van der Waals surface area contributed by atoms with Crippen molar-refractivity contribution in [1.29, 1.82) is 0 Å². The normalized spacial score (nSPS) is 12.4. The number of nitrogens with zero attached hydrogens (tertiary/aromatic N) is 1. The monoisotopic (exact) mass is 397 g/mol. The lowest BCUT2D eigenvalue weighted by atomic mass is 10.2. The third-order valence-electron chi connectivity index (χ3n) is 4.39. The van der Waals surface area contributed by atoms with E-state index < -0.39 is 17.6 Å². The van der Waals surface area contributed by atoms with Crippen LogP contribution >= 0.6 is 0 Å². The van der Waals surface area contributed by atoms with Gasteiger partial charge in [0.15, 0.2) is 0 Å². The molecule has 0 aromatic carbocycles. The van der Waals surface area contributed by atoms with Crippen LogP contribution < -0.4 is 0 Å². The zero-order chi connectivity index (χ0) is 19.3. The van der Waals surface area contributed by atoms with Gasteiger partial charge in [-0.05, 0) is 19.3 Å². The van der Waals surface area contributed by atoms with Crippen LogP contribution in [-0.4, -0.2) is 84.7 Å². The SMILES string of the molecule is CO[Si](CCCCN(C)C(=O)CCC[Si](OC)(OC)OC)(OC)OC. The predicted octanol–water partition coefficient (Wildman–Crippen LogP) is 1.76. The lowest BCUT2D eigenvalue weighted by Gasteiger charge is -2.25. The van der Waals surface area contributed by atoms with E-state index in [0.29, 0.717) is 25.4 Å². The minimum absolute atomic E-state index is 0.111. The van der Waals surface area contributed by atoms with Crippen molar-refractivity contribution in [3.8, 4) is 0 Å². The summed E-state index contributed by atoms with van der Waals surface area (Å²) in [5.41, 5.74) is 0. The second-order valence-corrected chi connectivity index (χ2v) is 11.9. The van der Waals surface area contributed by atoms with Gasteiger partial charge in [0.2, 0.25) is 5.91 Å². The Morgan fingerprint density at radius 3 is 1.52 bits per heavy atom. The first-order valence-electron chi connectivity index (χ1n) is 8.43. The van der Waals surface area contributed by atoms with E-state index in [4.69, 9.17) is 26.6 Å². The van der Waals surface area contributed by atoms with Crippen LogP contribution in [0.4, 0.5) is 0 Å². The van der Waals surface area contributed by atoms with Gasteiger partial charge in [0, 0.05) is 74.8 Å². The number of amides is 1. The zero-order valence-corrected chi connectivity index (χ0v) is 18.8. The maximum atomic E-state index is 12.2. The average molecular weight is 398 g/mol. The summed E-state index contributed by atoms with van der Waals surface area (Å²) < 4.78 is 32.2. The molecule has 10 heteroatoms. The molecule has 0 aliphatic carbocycles. The van der Waals surface area contributed by atoms with Crippen molar-refractivity contribution in [1.82, 2.24) is 4.90 Å². The molecule has 0 aliphatic heterocycles. The summed E-state index contributed by atoms with van der Waals surface area (Å²) in [5.74, 6) is 0.111. The third-order valence-corrected chi connectivity index (χ3v) is 10.1. The van der Waals surface area contributed by atoms with Gasteiger partial charge in [-0.3, -0.25) is 4.79 Å². The fourth-order valence-electron chi connectivity index (χ4n) is 2.57. The number of unbranched alkanes of at least 4 members (excludes halogenated alkanes) is 1. The third kappa shape index (κ3) is 8.26. The van der Waals surface area contributed by atoms with E-state index in [-0.39, 0.29) is 5.91 Å². The quantitative estimate of drug-likeness (QED) is 0.308. The Labute approximate surface area is 154 Å². The van der Waals surface area contributed by atoms with Gasteiger partial charge >= 0.3 is 17.6 Å². The van der Waals surface area contributed by atoms with Gasteiger partial charge in [0.1, 0.15) is 0 Å². The molecule has 1 amide bonds. The molecular formula is C15H35NO7Si2. The fourth-order valence-corrected chi connectivity index (χ4v) is 6.09. The summed E-state index contributed by atoms with van der Waals surface area (Å²) in [4.78, 5) is 14.0. The summed E-state index contributed by atoms with van der Waals surface area (Å²) >= 11 is 0. The highest BCUT2D eigenvalue weighted by Gasteiger charge is 2.38. The van der Waals surface area contributed by atoms with E-state index in [1.807, 2.05) is 7.05 Å². The maximum Gasteiger partial charge on any atom is 0.500 e. The summed E-state index contributed by atoms with van der Waals surface area (Å²) in [5, 5.41) is 0. The van der Waals surface area contributed by atoms with Gasteiger partial charge in [-0.15, -0.1) is 0 Å². The number of rotatable bonds is 15. The van der Waals surface area contributed by atoms with E-state index in [1.54, 1.807) is 47.6 Å². The molecule has 0 aromatic heterocycles. The van der Waals surface area contributed by atoms with Crippen LogP contribution in [0.1, 0.15) is 25.7 Å². The van der Waals surface area contributed by atoms with Crippen LogP contribution in [0.3, 0.4) is 0 Å². The minimum Gasteiger partial charge on any atom is -0.377 e. The van der Waals surface area contributed by atoms with Gasteiger partial charge in [0.25, 0.3) is 0 Å². The predicted molar refractivity (Wildman–Crippen MR) is 99.3 cm³/mol. The van der Waals surface area contributed by atoms with E-state index in [0.717, 1.165) is 18.9 Å². The van der Waals surface area contributed by atoms with Crippen molar-refractivity contribution in [2.45, 2.75) is 37.8 Å². The molecule has 25 heavy (non-hydrogen) atoms. The molecule has 0 saturated carbocycles. The zero-order valence-electron chi connectivity index (χ0n) is 16.8. The molecule has 0 spiro atoms. The molecule has 0 N–H and O–H groups in total. The topological polar surface area (TPSA) is 75.7 Å². The molecule has 8 nitrogen and oxygen atoms in total. The van der Waals surface area contributed by atoms with Crippen LogP contribution in [0, 0.1) is 0 Å². The molecule has 0 radical (unpaired) electrons. The highest BCUT2D eigenvalue weighted by molar-refractivity contribution is 6.60. The van der Waals surface area contributed by atoms with Crippen LogP contribution in [0.5, 0.6) is 0 Å². The summed E-state index contributed by atoms with van der Waals surface area (Å²) in [6.45, 7) is 0.696. The van der Waals surface area contributed by atoms with Gasteiger partial charge in [-0.2, -0.15) is 0 Å². The smallest absolute Gasteiger partial charge is 0.377 e. The van der Waals surface area contributed by atoms with Crippen LogP contribution in [-0.2, 0) is 31.4 Å². The van der Waals surface area contributed by atoms with Crippen molar-refractivity contribution in [2.75, 3.05) is 56.3 Å². The summed E-state index contributed by atoms with van der Waals surface area (Å²) in [7, 11) is 6.29. The number of carbonyl (C=O) groups is 1. The molecule has 0 heterocycles. The summed E-state index contributed by atoms with van der Waals surface area (Å²) in [6, 6.07) is 1.36. The number of carbonyl (C=O) groups excluding carboxylic acids is 1. The standard InChI is InChI=1S/C15H35NO7Si2/c1-16(12-8-9-13-24(18-2,19-3)20-4)15(17)11-10-14-25(21-5,22-6)23-7/h8-14H2,1-7H3. The van der Waals surface area contributed by atoms with Gasteiger partial charge < -0.3 is 31.5 Å². The number of hydrogen-bond acceptors (Lipinski definition) is 7. The van der Waals surface area contributed by atoms with E-state index in [9.17, 15) is 4.79 Å². The molecule has 150 valence electrons. The second-order valence-electron chi connectivity index (χ2n) is 5.72. The Morgan fingerprint density at radius 1 is 0.720 bits per heavy atom. The molecule has 0 rings (SSSR count). The Balaban J connectivity index is 4.11. The van der Waals surface area contributed by atoms with Gasteiger partial charge in [0.05, 0.1) is 0 Å². The lowest BCUT2D eigenvalue weighted by Crippen LogP contribution is -2.43. The van der Waals surface area contributed by atoms with E-state index >= 15 is 0 Å². The Hall–Kier alpha value is -0.336. The molecule has 0 aliphatic rings. The van der Waals surface area contributed by atoms with E-state index in [1.165, 1.54) is 0 Å². The largest absolute Gasteiger partial charge is 0.500 e. The maximum absolute atomic E-state index is 12.2.